The molecule has 3 aromatic carbocycles. The number of halogens is 10. The predicted octanol–water partition coefficient (Wildman–Crippen LogP) is 4.69. The second-order valence-electron chi connectivity index (χ2n) is 12.3. The molecule has 4 rings (SSSR count). The van der Waals surface area contributed by atoms with Crippen molar-refractivity contribution in [2.75, 3.05) is 18.6 Å². The SMILES string of the molecule is COc1cc(F)c(C(C)(C)O)cc1-c1ccc(C(F)(F)F)cc1CN(Cc1cc(C(F)(F)F)cc(C(F)(F)F)c1)c1ncc(OCCCC(=O)[O-])cn1.[Na+]. The zero-order chi connectivity index (χ0) is 39.5. The Hall–Kier alpha value is -4.13. The van der Waals surface area contributed by atoms with Gasteiger partial charge in [-0.15, -0.1) is 0 Å². The molecule has 1 aromatic heterocycles. The summed E-state index contributed by atoms with van der Waals surface area (Å²) in [7, 11) is 1.15. The van der Waals surface area contributed by atoms with E-state index in [1.807, 2.05) is 0 Å². The zero-order valence-corrected chi connectivity index (χ0v) is 31.0. The van der Waals surface area contributed by atoms with E-state index in [-0.39, 0.29) is 94.8 Å². The molecule has 0 bridgehead atoms. The summed E-state index contributed by atoms with van der Waals surface area (Å²) in [5.41, 5.74) is -7.33. The first kappa shape index (κ1) is 44.3. The fourth-order valence-corrected chi connectivity index (χ4v) is 5.25. The van der Waals surface area contributed by atoms with Gasteiger partial charge in [0.05, 0.1) is 48.4 Å². The molecule has 0 saturated heterocycles. The van der Waals surface area contributed by atoms with Gasteiger partial charge >= 0.3 is 48.1 Å². The number of carboxylic acid groups (broad SMARTS) is 1. The Morgan fingerprint density at radius 3 is 1.89 bits per heavy atom. The number of aliphatic carboxylic acids is 1. The van der Waals surface area contributed by atoms with Gasteiger partial charge in [0, 0.05) is 36.3 Å². The van der Waals surface area contributed by atoms with Crippen LogP contribution < -0.4 is 49.0 Å². The molecular weight excluding hydrogens is 755 g/mol. The van der Waals surface area contributed by atoms with Crippen LogP contribution in [0.1, 0.15) is 60.1 Å². The Kier molecular flexibility index (Phi) is 14.0. The average Bonchev–Trinajstić information content (AvgIpc) is 3.04. The van der Waals surface area contributed by atoms with Gasteiger partial charge in [-0.25, -0.2) is 14.4 Å². The first-order valence-corrected chi connectivity index (χ1v) is 15.5. The minimum Gasteiger partial charge on any atom is -0.550 e. The average molecular weight is 786 g/mol. The predicted molar refractivity (Wildman–Crippen MR) is 167 cm³/mol. The quantitative estimate of drug-likeness (QED) is 0.118. The van der Waals surface area contributed by atoms with Crippen molar-refractivity contribution in [2.24, 2.45) is 0 Å². The van der Waals surface area contributed by atoms with Crippen molar-refractivity contribution < 1.29 is 97.9 Å². The smallest absolute Gasteiger partial charge is 0.550 e. The van der Waals surface area contributed by atoms with Crippen LogP contribution in [0.4, 0.5) is 49.9 Å². The van der Waals surface area contributed by atoms with Crippen LogP contribution in [0.15, 0.2) is 60.9 Å². The molecule has 19 heteroatoms. The van der Waals surface area contributed by atoms with Crippen LogP contribution >= 0.6 is 0 Å². The second kappa shape index (κ2) is 17.1. The molecule has 0 unspecified atom stereocenters. The van der Waals surface area contributed by atoms with E-state index in [2.05, 4.69) is 9.97 Å². The third kappa shape index (κ3) is 11.4. The number of carboxylic acids is 1. The summed E-state index contributed by atoms with van der Waals surface area (Å²) >= 11 is 0. The van der Waals surface area contributed by atoms with Gasteiger partial charge < -0.3 is 29.4 Å². The minimum atomic E-state index is -5.21. The van der Waals surface area contributed by atoms with Crippen molar-refractivity contribution in [1.82, 2.24) is 9.97 Å². The molecule has 0 aliphatic heterocycles. The van der Waals surface area contributed by atoms with Crippen LogP contribution in [0.5, 0.6) is 11.5 Å². The summed E-state index contributed by atoms with van der Waals surface area (Å²) in [6, 6.07) is 5.29. The Balaban J connectivity index is 0.00000784. The molecule has 0 radical (unpaired) electrons. The number of hydrogen-bond acceptors (Lipinski definition) is 8. The van der Waals surface area contributed by atoms with Crippen molar-refractivity contribution in [2.45, 2.75) is 63.9 Å². The van der Waals surface area contributed by atoms with E-state index in [4.69, 9.17) is 9.47 Å². The molecule has 8 nitrogen and oxygen atoms in total. The molecule has 0 aliphatic rings. The number of anilines is 1. The molecule has 1 heterocycles. The summed E-state index contributed by atoms with van der Waals surface area (Å²) in [6.45, 7) is 0.917. The van der Waals surface area contributed by atoms with Crippen molar-refractivity contribution in [3.63, 3.8) is 0 Å². The molecule has 4 aromatic rings. The van der Waals surface area contributed by atoms with E-state index in [1.165, 1.54) is 13.8 Å². The third-order valence-electron chi connectivity index (χ3n) is 7.74. The van der Waals surface area contributed by atoms with E-state index in [9.17, 15) is 54.5 Å². The standard InChI is InChI=1S/C35H31F10N3O5.Na/c1-32(2,51)27-13-26(29(52-3)14-28(27)36)25-7-6-21(33(37,38)39)11-20(25)18-48(31-46-15-24(16-47-31)53-8-4-5-30(49)50)17-19-9-22(34(40,41)42)12-23(10-19)35(43,44)45;/h6-7,9-16,51H,4-5,8,17-18H2,1-3H3,(H,49,50);/q;+1/p-1. The monoisotopic (exact) mass is 785 g/mol. The molecule has 0 amide bonds. The number of nitrogens with zero attached hydrogens (tertiary/aromatic N) is 3. The number of aromatic nitrogens is 2. The number of aliphatic hydroxyl groups is 1. The van der Waals surface area contributed by atoms with Crippen LogP contribution in [-0.4, -0.2) is 34.8 Å². The Morgan fingerprint density at radius 1 is 0.815 bits per heavy atom. The number of carbonyl (C=O) groups excluding carboxylic acids is 1. The first-order chi connectivity index (χ1) is 24.5. The fraction of sp³-hybridized carbons (Fsp3) is 0.343. The van der Waals surface area contributed by atoms with Gasteiger partial charge in [0.15, 0.2) is 5.75 Å². The maximum atomic E-state index is 15.0. The van der Waals surface area contributed by atoms with Crippen molar-refractivity contribution >= 4 is 11.9 Å². The van der Waals surface area contributed by atoms with Gasteiger partial charge in [-0.1, -0.05) is 6.07 Å². The van der Waals surface area contributed by atoms with Crippen molar-refractivity contribution in [3.8, 4) is 22.6 Å². The molecule has 286 valence electrons. The Morgan fingerprint density at radius 2 is 1.39 bits per heavy atom. The van der Waals surface area contributed by atoms with Gasteiger partial charge in [0.25, 0.3) is 0 Å². The summed E-state index contributed by atoms with van der Waals surface area (Å²) < 4.78 is 150. The summed E-state index contributed by atoms with van der Waals surface area (Å²) in [6.07, 6.45) is -13.5. The van der Waals surface area contributed by atoms with Crippen LogP contribution in [-0.2, 0) is 42.0 Å². The van der Waals surface area contributed by atoms with Crippen LogP contribution in [0.25, 0.3) is 11.1 Å². The van der Waals surface area contributed by atoms with Gasteiger partial charge in [-0.3, -0.25) is 0 Å². The number of ether oxygens (including phenoxy) is 2. The topological polar surface area (TPSA) is 108 Å². The molecule has 0 saturated carbocycles. The summed E-state index contributed by atoms with van der Waals surface area (Å²) in [4.78, 5) is 19.8. The number of hydrogen-bond donors (Lipinski definition) is 1. The molecular formula is C35H30F10N3NaO5. The maximum absolute atomic E-state index is 15.0. The van der Waals surface area contributed by atoms with E-state index in [0.29, 0.717) is 24.3 Å². The zero-order valence-electron chi connectivity index (χ0n) is 29.0. The van der Waals surface area contributed by atoms with E-state index >= 15 is 4.39 Å². The van der Waals surface area contributed by atoms with E-state index in [1.54, 1.807) is 0 Å². The Bertz CT molecular complexity index is 1900. The third-order valence-corrected chi connectivity index (χ3v) is 7.74. The molecule has 1 N–H and O–H groups in total. The van der Waals surface area contributed by atoms with Gasteiger partial charge in [0.2, 0.25) is 5.95 Å². The van der Waals surface area contributed by atoms with Crippen LogP contribution in [0.2, 0.25) is 0 Å². The number of rotatable bonds is 13. The van der Waals surface area contributed by atoms with Gasteiger partial charge in [-0.05, 0) is 79.8 Å². The molecule has 0 fully saturated rings. The number of alkyl halides is 9. The number of methoxy groups -OCH3 is 1. The summed E-state index contributed by atoms with van der Waals surface area (Å²) in [5, 5.41) is 21.3. The van der Waals surface area contributed by atoms with Crippen LogP contribution in [0.3, 0.4) is 0 Å². The van der Waals surface area contributed by atoms with Gasteiger partial charge in [-0.2, -0.15) is 39.5 Å². The normalized spacial score (nSPS) is 12.3. The maximum Gasteiger partial charge on any atom is 1.00 e. The number of carbonyl (C=O) groups is 1. The largest absolute Gasteiger partial charge is 1.00 e. The molecule has 0 atom stereocenters. The van der Waals surface area contributed by atoms with Crippen molar-refractivity contribution in [1.29, 1.82) is 0 Å². The molecule has 0 spiro atoms. The molecule has 54 heavy (non-hydrogen) atoms. The molecule has 0 aliphatic carbocycles. The number of benzene rings is 3. The summed E-state index contributed by atoms with van der Waals surface area (Å²) in [5.74, 6) is -2.80. The van der Waals surface area contributed by atoms with Crippen LogP contribution in [0, 0.1) is 5.82 Å². The first-order valence-electron chi connectivity index (χ1n) is 15.5. The van der Waals surface area contributed by atoms with Crippen molar-refractivity contribution in [3.05, 3.63) is 100 Å². The second-order valence-corrected chi connectivity index (χ2v) is 12.3. The minimum absolute atomic E-state index is 0. The Labute approximate surface area is 324 Å². The van der Waals surface area contributed by atoms with E-state index < -0.39 is 71.3 Å². The van der Waals surface area contributed by atoms with Gasteiger partial charge in [0.1, 0.15) is 11.6 Å². The fourth-order valence-electron chi connectivity index (χ4n) is 5.25. The van der Waals surface area contributed by atoms with E-state index in [0.717, 1.165) is 42.6 Å².